The van der Waals surface area contributed by atoms with Crippen molar-refractivity contribution in [2.75, 3.05) is 11.5 Å². The van der Waals surface area contributed by atoms with Gasteiger partial charge in [0.25, 0.3) is 0 Å². The number of alkyl halides is 1. The van der Waals surface area contributed by atoms with Gasteiger partial charge in [0.05, 0.1) is 22.9 Å². The number of hydrogen-bond acceptors (Lipinski definition) is 6. The highest BCUT2D eigenvalue weighted by Gasteiger charge is 2.37. The summed E-state index contributed by atoms with van der Waals surface area (Å²) in [6.45, 7) is 4.07. The zero-order chi connectivity index (χ0) is 18.9. The van der Waals surface area contributed by atoms with E-state index in [1.165, 1.54) is 10.4 Å². The first-order valence-corrected chi connectivity index (χ1v) is 10.5. The minimum Gasteiger partial charge on any atom is -0.349 e. The third-order valence-corrected chi connectivity index (χ3v) is 6.58. The Kier molecular flexibility index (Phi) is 5.29. The predicted molar refractivity (Wildman–Crippen MR) is 97.6 cm³/mol. The topological polar surface area (TPSA) is 107 Å². The minimum absolute atomic E-state index is 0.127. The highest BCUT2D eigenvalue weighted by Crippen LogP contribution is 2.20. The highest BCUT2D eigenvalue weighted by molar-refractivity contribution is 7.91. The standard InChI is InChI=1S/C16H20ClN5O3S/c1-10(2)11-3-5-12(6-4-11)16-19-21-22(20-16)7-15(23)18-14-9-26(24,25)8-13(14)17/h3-6,10,13-14H,7-9H2,1-2H3,(H,18,23)/t13-,14-/m0/s1. The average molecular weight is 398 g/mol. The van der Waals surface area contributed by atoms with Gasteiger partial charge in [-0.2, -0.15) is 4.80 Å². The van der Waals surface area contributed by atoms with E-state index in [9.17, 15) is 13.2 Å². The van der Waals surface area contributed by atoms with Gasteiger partial charge in [0.2, 0.25) is 11.7 Å². The molecule has 0 radical (unpaired) electrons. The molecule has 0 aliphatic carbocycles. The van der Waals surface area contributed by atoms with Crippen LogP contribution in [0.4, 0.5) is 0 Å². The monoisotopic (exact) mass is 397 g/mol. The zero-order valence-corrected chi connectivity index (χ0v) is 16.0. The Labute approximate surface area is 156 Å². The molecule has 1 aromatic heterocycles. The van der Waals surface area contributed by atoms with Crippen LogP contribution in [0.25, 0.3) is 11.4 Å². The van der Waals surface area contributed by atoms with E-state index in [0.29, 0.717) is 11.7 Å². The van der Waals surface area contributed by atoms with Crippen molar-refractivity contribution < 1.29 is 13.2 Å². The molecular formula is C16H20ClN5O3S. The molecule has 2 atom stereocenters. The van der Waals surface area contributed by atoms with Gasteiger partial charge < -0.3 is 5.32 Å². The van der Waals surface area contributed by atoms with Gasteiger partial charge in [-0.1, -0.05) is 38.1 Å². The Balaban J connectivity index is 1.62. The van der Waals surface area contributed by atoms with E-state index in [1.807, 2.05) is 24.3 Å². The Bertz CT molecular complexity index is 895. The summed E-state index contributed by atoms with van der Waals surface area (Å²) in [5, 5.41) is 14.0. The number of rotatable bonds is 5. The van der Waals surface area contributed by atoms with Crippen LogP contribution in [-0.2, 0) is 21.2 Å². The fraction of sp³-hybridized carbons (Fsp3) is 0.500. The van der Waals surface area contributed by atoms with Crippen molar-refractivity contribution >= 4 is 27.3 Å². The van der Waals surface area contributed by atoms with E-state index in [-0.39, 0.29) is 18.1 Å². The second kappa shape index (κ2) is 7.32. The molecule has 2 aromatic rings. The SMILES string of the molecule is CC(C)c1ccc(-c2nnn(CC(=O)N[C@H]3CS(=O)(=O)C[C@@H]3Cl)n2)cc1. The molecule has 1 aliphatic rings. The van der Waals surface area contributed by atoms with Crippen molar-refractivity contribution in [1.29, 1.82) is 0 Å². The Morgan fingerprint density at radius 3 is 2.58 bits per heavy atom. The first-order chi connectivity index (χ1) is 12.2. The molecule has 1 saturated heterocycles. The predicted octanol–water partition coefficient (Wildman–Crippen LogP) is 0.984. The number of carbonyl (C=O) groups excluding carboxylic acids is 1. The molecule has 1 aliphatic heterocycles. The number of tetrazole rings is 1. The van der Waals surface area contributed by atoms with Gasteiger partial charge in [-0.25, -0.2) is 8.42 Å². The lowest BCUT2D eigenvalue weighted by Gasteiger charge is -2.13. The molecule has 2 heterocycles. The van der Waals surface area contributed by atoms with Gasteiger partial charge >= 0.3 is 0 Å². The van der Waals surface area contributed by atoms with Gasteiger partial charge in [0.15, 0.2) is 9.84 Å². The van der Waals surface area contributed by atoms with Crippen molar-refractivity contribution in [3.05, 3.63) is 29.8 Å². The molecule has 0 saturated carbocycles. The van der Waals surface area contributed by atoms with E-state index in [0.717, 1.165) is 5.56 Å². The zero-order valence-electron chi connectivity index (χ0n) is 14.5. The normalized spacial score (nSPS) is 21.8. The van der Waals surface area contributed by atoms with E-state index >= 15 is 0 Å². The number of nitrogens with zero attached hydrogens (tertiary/aromatic N) is 4. The second-order valence-corrected chi connectivity index (χ2v) is 9.40. The number of nitrogens with one attached hydrogen (secondary N) is 1. The maximum atomic E-state index is 12.1. The number of sulfone groups is 1. The van der Waals surface area contributed by atoms with Crippen LogP contribution in [-0.4, -0.2) is 57.5 Å². The van der Waals surface area contributed by atoms with E-state index in [1.54, 1.807) is 0 Å². The molecular weight excluding hydrogens is 378 g/mol. The summed E-state index contributed by atoms with van der Waals surface area (Å²) in [6.07, 6.45) is 0. The number of carbonyl (C=O) groups is 1. The van der Waals surface area contributed by atoms with Crippen molar-refractivity contribution in [2.24, 2.45) is 0 Å². The lowest BCUT2D eigenvalue weighted by Crippen LogP contribution is -2.42. The molecule has 3 rings (SSSR count). The van der Waals surface area contributed by atoms with Crippen molar-refractivity contribution in [3.8, 4) is 11.4 Å². The molecule has 1 aromatic carbocycles. The van der Waals surface area contributed by atoms with Crippen LogP contribution in [0.1, 0.15) is 25.3 Å². The molecule has 1 amide bonds. The fourth-order valence-corrected chi connectivity index (χ4v) is 5.31. The average Bonchev–Trinajstić information content (AvgIpc) is 3.11. The third-order valence-electron chi connectivity index (χ3n) is 4.20. The molecule has 10 heteroatoms. The summed E-state index contributed by atoms with van der Waals surface area (Å²) in [5.74, 6) is 0.174. The molecule has 140 valence electrons. The molecule has 1 fully saturated rings. The largest absolute Gasteiger partial charge is 0.349 e. The first-order valence-electron chi connectivity index (χ1n) is 8.25. The molecule has 0 bridgehead atoms. The number of halogens is 1. The van der Waals surface area contributed by atoms with Crippen LogP contribution in [0.3, 0.4) is 0 Å². The second-order valence-electron chi connectivity index (χ2n) is 6.69. The van der Waals surface area contributed by atoms with Crippen LogP contribution < -0.4 is 5.32 Å². The van der Waals surface area contributed by atoms with Crippen molar-refractivity contribution in [1.82, 2.24) is 25.5 Å². The summed E-state index contributed by atoms with van der Waals surface area (Å²) >= 11 is 5.98. The van der Waals surface area contributed by atoms with Gasteiger partial charge in [-0.15, -0.1) is 21.8 Å². The van der Waals surface area contributed by atoms with Gasteiger partial charge in [-0.05, 0) is 16.7 Å². The van der Waals surface area contributed by atoms with Crippen LogP contribution in [0.15, 0.2) is 24.3 Å². The Hall–Kier alpha value is -2.00. The van der Waals surface area contributed by atoms with Gasteiger partial charge in [0, 0.05) is 5.56 Å². The van der Waals surface area contributed by atoms with E-state index < -0.39 is 27.2 Å². The summed E-state index contributed by atoms with van der Waals surface area (Å²) < 4.78 is 23.1. The maximum Gasteiger partial charge on any atom is 0.243 e. The summed E-state index contributed by atoms with van der Waals surface area (Å²) in [7, 11) is -3.20. The summed E-state index contributed by atoms with van der Waals surface area (Å²) in [4.78, 5) is 13.3. The molecule has 0 unspecified atom stereocenters. The number of benzene rings is 1. The number of aromatic nitrogens is 4. The molecule has 8 nitrogen and oxygen atoms in total. The van der Waals surface area contributed by atoms with Gasteiger partial charge in [0.1, 0.15) is 6.54 Å². The first kappa shape index (κ1) is 18.8. The quantitative estimate of drug-likeness (QED) is 0.754. The fourth-order valence-electron chi connectivity index (χ4n) is 2.76. The molecule has 26 heavy (non-hydrogen) atoms. The van der Waals surface area contributed by atoms with Crippen LogP contribution in [0.5, 0.6) is 0 Å². The van der Waals surface area contributed by atoms with Crippen molar-refractivity contribution in [3.63, 3.8) is 0 Å². The van der Waals surface area contributed by atoms with Crippen LogP contribution in [0.2, 0.25) is 0 Å². The third kappa shape index (κ3) is 4.39. The summed E-state index contributed by atoms with van der Waals surface area (Å²) in [6, 6.07) is 7.25. The lowest BCUT2D eigenvalue weighted by atomic mass is 10.0. The smallest absolute Gasteiger partial charge is 0.243 e. The number of amides is 1. The van der Waals surface area contributed by atoms with Crippen molar-refractivity contribution in [2.45, 2.75) is 37.7 Å². The lowest BCUT2D eigenvalue weighted by molar-refractivity contribution is -0.122. The molecule has 1 N–H and O–H groups in total. The number of hydrogen-bond donors (Lipinski definition) is 1. The van der Waals surface area contributed by atoms with Gasteiger partial charge in [-0.3, -0.25) is 4.79 Å². The Morgan fingerprint density at radius 2 is 2.00 bits per heavy atom. The Morgan fingerprint density at radius 1 is 1.31 bits per heavy atom. The van der Waals surface area contributed by atoms with E-state index in [2.05, 4.69) is 34.6 Å². The maximum absolute atomic E-state index is 12.1. The minimum atomic E-state index is -3.20. The summed E-state index contributed by atoms with van der Waals surface area (Å²) in [5.41, 5.74) is 2.02. The van der Waals surface area contributed by atoms with E-state index in [4.69, 9.17) is 11.6 Å². The van der Waals surface area contributed by atoms with Crippen LogP contribution in [0, 0.1) is 0 Å². The molecule has 0 spiro atoms. The van der Waals surface area contributed by atoms with Crippen LogP contribution >= 0.6 is 11.6 Å². The highest BCUT2D eigenvalue weighted by atomic mass is 35.5.